The van der Waals surface area contributed by atoms with E-state index in [1.165, 1.54) is 0 Å². The highest BCUT2D eigenvalue weighted by atomic mass is 79.9. The molecule has 1 aliphatic heterocycles. The molecule has 1 heterocycles. The van der Waals surface area contributed by atoms with Crippen molar-refractivity contribution in [3.8, 4) is 22.3 Å². The van der Waals surface area contributed by atoms with Gasteiger partial charge in [-0.25, -0.2) is 4.99 Å². The summed E-state index contributed by atoms with van der Waals surface area (Å²) in [6, 6.07) is 43.3. The maximum atomic E-state index is 6.45. The van der Waals surface area contributed by atoms with E-state index in [0.29, 0.717) is 11.7 Å². The van der Waals surface area contributed by atoms with Crippen LogP contribution in [0.2, 0.25) is 0 Å². The van der Waals surface area contributed by atoms with Crippen LogP contribution in [-0.4, -0.2) is 11.7 Å². The van der Waals surface area contributed by atoms with E-state index in [4.69, 9.17) is 14.7 Å². The molecule has 0 fully saturated rings. The average molecular weight is 622 g/mol. The Morgan fingerprint density at radius 2 is 1.00 bits per heavy atom. The molecule has 1 unspecified atom stereocenters. The summed E-state index contributed by atoms with van der Waals surface area (Å²) in [6.07, 6.45) is -0.549. The fraction of sp³-hybridized carbons (Fsp3) is 0.0303. The molecular formula is C33H22Br2N2O. The van der Waals surface area contributed by atoms with Gasteiger partial charge in [-0.2, -0.15) is 4.99 Å². The average Bonchev–Trinajstić information content (AvgIpc) is 2.97. The minimum absolute atomic E-state index is 0.541. The highest BCUT2D eigenvalue weighted by molar-refractivity contribution is 9.11. The number of benzene rings is 5. The summed E-state index contributed by atoms with van der Waals surface area (Å²) in [5, 5.41) is 0. The van der Waals surface area contributed by atoms with Crippen LogP contribution < -0.4 is 0 Å². The fourth-order valence-electron chi connectivity index (χ4n) is 4.46. The van der Waals surface area contributed by atoms with Crippen molar-refractivity contribution in [3.63, 3.8) is 0 Å². The molecule has 1 aliphatic rings. The van der Waals surface area contributed by atoms with Gasteiger partial charge in [-0.1, -0.05) is 123 Å². The van der Waals surface area contributed by atoms with Crippen molar-refractivity contribution in [2.24, 2.45) is 9.98 Å². The van der Waals surface area contributed by atoms with E-state index in [0.717, 1.165) is 47.9 Å². The molecule has 0 N–H and O–H groups in total. The Balaban J connectivity index is 1.45. The van der Waals surface area contributed by atoms with Gasteiger partial charge in [-0.3, -0.25) is 0 Å². The van der Waals surface area contributed by atoms with Crippen molar-refractivity contribution in [2.75, 3.05) is 0 Å². The number of amidine groups is 1. The third kappa shape index (κ3) is 5.40. The molecule has 5 aromatic carbocycles. The second-order valence-corrected chi connectivity index (χ2v) is 10.8. The number of hydrogen-bond donors (Lipinski definition) is 0. The Hall–Kier alpha value is -3.80. The molecule has 6 rings (SSSR count). The maximum absolute atomic E-state index is 6.45. The monoisotopic (exact) mass is 620 g/mol. The summed E-state index contributed by atoms with van der Waals surface area (Å²) in [5.74, 6) is 1.18. The van der Waals surface area contributed by atoms with Crippen molar-refractivity contribution >= 4 is 43.6 Å². The minimum atomic E-state index is -0.549. The Bertz CT molecular complexity index is 1640. The molecule has 0 saturated carbocycles. The standard InChI is InChI=1S/C33H22Br2N2O/c34-29-19-28(20-30(35)21-29)33-37-31(26-15-7-13-24(17-26)22-9-3-1-4-10-22)36-32(38-33)27-16-8-14-25(18-27)23-11-5-2-6-12-23/h1-21,33H. The van der Waals surface area contributed by atoms with Crippen molar-refractivity contribution < 1.29 is 4.74 Å². The van der Waals surface area contributed by atoms with Crippen LogP contribution in [0.15, 0.2) is 146 Å². The third-order valence-electron chi connectivity index (χ3n) is 6.28. The van der Waals surface area contributed by atoms with Gasteiger partial charge in [0, 0.05) is 25.6 Å². The Morgan fingerprint density at radius 3 is 1.61 bits per heavy atom. The lowest BCUT2D eigenvalue weighted by Crippen LogP contribution is -2.20. The predicted molar refractivity (Wildman–Crippen MR) is 162 cm³/mol. The Morgan fingerprint density at radius 1 is 0.500 bits per heavy atom. The van der Waals surface area contributed by atoms with Crippen LogP contribution in [0, 0.1) is 0 Å². The number of ether oxygens (including phenoxy) is 1. The smallest absolute Gasteiger partial charge is 0.225 e. The zero-order valence-corrected chi connectivity index (χ0v) is 23.4. The van der Waals surface area contributed by atoms with Crippen LogP contribution in [0.3, 0.4) is 0 Å². The number of hydrogen-bond acceptors (Lipinski definition) is 3. The van der Waals surface area contributed by atoms with Crippen LogP contribution >= 0.6 is 31.9 Å². The first-order chi connectivity index (χ1) is 18.6. The second kappa shape index (κ2) is 10.9. The summed E-state index contributed by atoms with van der Waals surface area (Å²) in [4.78, 5) is 9.89. The SMILES string of the molecule is Brc1cc(Br)cc(C2N=C(c3cccc(-c4ccccc4)c3)N=C(c3cccc(-c4ccccc4)c3)O2)c1. The normalized spacial score (nSPS) is 14.8. The highest BCUT2D eigenvalue weighted by Crippen LogP contribution is 2.32. The van der Waals surface area contributed by atoms with Crippen molar-refractivity contribution in [2.45, 2.75) is 6.23 Å². The summed E-state index contributed by atoms with van der Waals surface area (Å²) < 4.78 is 8.34. The van der Waals surface area contributed by atoms with Gasteiger partial charge in [0.05, 0.1) is 0 Å². The van der Waals surface area contributed by atoms with E-state index in [1.54, 1.807) is 0 Å². The molecule has 0 radical (unpaired) electrons. The molecule has 0 spiro atoms. The Kier molecular flexibility index (Phi) is 7.04. The lowest BCUT2D eigenvalue weighted by molar-refractivity contribution is 0.198. The van der Waals surface area contributed by atoms with Gasteiger partial charge in [0.2, 0.25) is 12.1 Å². The summed E-state index contributed by atoms with van der Waals surface area (Å²) in [7, 11) is 0. The van der Waals surface area contributed by atoms with Gasteiger partial charge in [0.15, 0.2) is 5.84 Å². The molecule has 0 aromatic heterocycles. The molecule has 5 aromatic rings. The highest BCUT2D eigenvalue weighted by Gasteiger charge is 2.24. The molecule has 1 atom stereocenters. The lowest BCUT2D eigenvalue weighted by Gasteiger charge is -2.23. The first-order valence-electron chi connectivity index (χ1n) is 12.2. The number of aliphatic imine (C=N–C) groups is 2. The van der Waals surface area contributed by atoms with Gasteiger partial charge in [-0.05, 0) is 58.7 Å². The first kappa shape index (κ1) is 24.5. The van der Waals surface area contributed by atoms with E-state index < -0.39 is 6.23 Å². The number of halogens is 2. The minimum Gasteiger partial charge on any atom is -0.447 e. The largest absolute Gasteiger partial charge is 0.447 e. The van der Waals surface area contributed by atoms with Gasteiger partial charge < -0.3 is 4.74 Å². The van der Waals surface area contributed by atoms with E-state index in [1.807, 2.05) is 78.9 Å². The zero-order valence-electron chi connectivity index (χ0n) is 20.3. The molecule has 184 valence electrons. The molecule has 5 heteroatoms. The van der Waals surface area contributed by atoms with Crippen LogP contribution in [-0.2, 0) is 4.74 Å². The first-order valence-corrected chi connectivity index (χ1v) is 13.8. The number of rotatable bonds is 5. The topological polar surface area (TPSA) is 34.0 Å². The quantitative estimate of drug-likeness (QED) is 0.192. The van der Waals surface area contributed by atoms with E-state index in [9.17, 15) is 0 Å². The van der Waals surface area contributed by atoms with Crippen molar-refractivity contribution in [3.05, 3.63) is 153 Å². The van der Waals surface area contributed by atoms with Gasteiger partial charge in [0.25, 0.3) is 0 Å². The predicted octanol–water partition coefficient (Wildman–Crippen LogP) is 9.47. The van der Waals surface area contributed by atoms with Gasteiger partial charge >= 0.3 is 0 Å². The Labute approximate surface area is 238 Å². The summed E-state index contributed by atoms with van der Waals surface area (Å²) in [6.45, 7) is 0. The lowest BCUT2D eigenvalue weighted by atomic mass is 10.0. The van der Waals surface area contributed by atoms with Gasteiger partial charge in [0.1, 0.15) is 0 Å². The van der Waals surface area contributed by atoms with Crippen LogP contribution in [0.4, 0.5) is 0 Å². The van der Waals surface area contributed by atoms with Crippen molar-refractivity contribution in [1.29, 1.82) is 0 Å². The van der Waals surface area contributed by atoms with Crippen molar-refractivity contribution in [1.82, 2.24) is 0 Å². The van der Waals surface area contributed by atoms with Crippen LogP contribution in [0.25, 0.3) is 22.3 Å². The molecule has 3 nitrogen and oxygen atoms in total. The molecule has 0 aliphatic carbocycles. The van der Waals surface area contributed by atoms with E-state index in [-0.39, 0.29) is 0 Å². The molecular weight excluding hydrogens is 600 g/mol. The molecule has 0 bridgehead atoms. The fourth-order valence-corrected chi connectivity index (χ4v) is 5.79. The van der Waals surface area contributed by atoms with E-state index >= 15 is 0 Å². The second-order valence-electron chi connectivity index (χ2n) is 8.94. The third-order valence-corrected chi connectivity index (χ3v) is 7.20. The maximum Gasteiger partial charge on any atom is 0.225 e. The number of nitrogens with zero attached hydrogens (tertiary/aromatic N) is 2. The molecule has 38 heavy (non-hydrogen) atoms. The summed E-state index contributed by atoms with van der Waals surface area (Å²) in [5.41, 5.74) is 7.27. The van der Waals surface area contributed by atoms with Crippen LogP contribution in [0.1, 0.15) is 22.9 Å². The van der Waals surface area contributed by atoms with E-state index in [2.05, 4.69) is 80.4 Å². The molecule has 0 saturated heterocycles. The van der Waals surface area contributed by atoms with Gasteiger partial charge in [-0.15, -0.1) is 0 Å². The van der Waals surface area contributed by atoms with Crippen LogP contribution in [0.5, 0.6) is 0 Å². The zero-order chi connectivity index (χ0) is 25.9. The molecule has 0 amide bonds. The summed E-state index contributed by atoms with van der Waals surface area (Å²) >= 11 is 7.21.